The molecule has 8 nitrogen and oxygen atoms in total. The average molecular weight is 417 g/mol. The van der Waals surface area contributed by atoms with Crippen molar-refractivity contribution < 1.29 is 0 Å². The van der Waals surface area contributed by atoms with Gasteiger partial charge in [-0.05, 0) is 24.6 Å². The van der Waals surface area contributed by atoms with Gasteiger partial charge in [0, 0.05) is 33.7 Å². The van der Waals surface area contributed by atoms with Gasteiger partial charge < -0.3 is 26.4 Å². The molecule has 3 aromatic rings. The molecule has 3 rings (SSSR count). The second kappa shape index (κ2) is 7.44. The third-order valence-corrected chi connectivity index (χ3v) is 4.23. The highest BCUT2D eigenvalue weighted by Crippen LogP contribution is 2.22. The van der Waals surface area contributed by atoms with Crippen molar-refractivity contribution in [1.29, 1.82) is 0 Å². The summed E-state index contributed by atoms with van der Waals surface area (Å²) in [4.78, 5) is 36.6. The molecule has 7 N–H and O–H groups in total. The highest BCUT2D eigenvalue weighted by Gasteiger charge is 2.03. The Balaban J connectivity index is 2.01. The van der Waals surface area contributed by atoms with Crippen molar-refractivity contribution in [3.63, 3.8) is 0 Å². The molecule has 2 heterocycles. The Bertz CT molecular complexity index is 1210. The number of hydrogen-bond acceptors (Lipinski definition) is 3. The monoisotopic (exact) mass is 416 g/mol. The van der Waals surface area contributed by atoms with E-state index in [0.29, 0.717) is 13.0 Å². The van der Waals surface area contributed by atoms with E-state index >= 15 is 0 Å². The van der Waals surface area contributed by atoms with Crippen LogP contribution in [0.3, 0.4) is 0 Å². The third-order valence-electron chi connectivity index (χ3n) is 3.73. The number of aromatic nitrogens is 3. The van der Waals surface area contributed by atoms with Gasteiger partial charge >= 0.3 is 0 Å². The molecule has 0 fully saturated rings. The Kier molecular flexibility index (Phi) is 5.08. The van der Waals surface area contributed by atoms with Gasteiger partial charge in [-0.15, -0.1) is 0 Å². The van der Waals surface area contributed by atoms with E-state index in [1.165, 1.54) is 0 Å². The Morgan fingerprint density at radius 2 is 1.88 bits per heavy atom. The average Bonchev–Trinajstić information content (AvgIpc) is 2.97. The molecule has 0 saturated carbocycles. The second-order valence-electron chi connectivity index (χ2n) is 5.61. The lowest BCUT2D eigenvalue weighted by molar-refractivity contribution is 0.976. The zero-order chi connectivity index (χ0) is 18.7. The van der Waals surface area contributed by atoms with Gasteiger partial charge in [-0.1, -0.05) is 28.1 Å². The number of nitrogens with one attached hydrogen (secondary N) is 3. The zero-order valence-corrected chi connectivity index (χ0v) is 15.3. The molecule has 0 bridgehead atoms. The minimum atomic E-state index is -0.386. The summed E-state index contributed by atoms with van der Waals surface area (Å²) >= 11 is 3.41. The summed E-state index contributed by atoms with van der Waals surface area (Å²) in [5, 5.41) is 1.31. The predicted molar refractivity (Wildman–Crippen MR) is 106 cm³/mol. The van der Waals surface area contributed by atoms with Gasteiger partial charge in [-0.2, -0.15) is 0 Å². The number of fused-ring (bicyclic) bond motifs is 1. The van der Waals surface area contributed by atoms with Crippen LogP contribution in [0.4, 0.5) is 0 Å². The van der Waals surface area contributed by atoms with E-state index in [0.717, 1.165) is 20.9 Å². The number of benzene rings is 1. The quantitative estimate of drug-likeness (QED) is 0.223. The maximum atomic E-state index is 12.3. The van der Waals surface area contributed by atoms with Crippen LogP contribution in [0.2, 0.25) is 0 Å². The molecular formula is C17H17BrN6O2. The molecule has 0 atom stereocenters. The lowest BCUT2D eigenvalue weighted by Gasteiger charge is -1.94. The fraction of sp³-hybridized carbons (Fsp3) is 0.118. The Hall–Kier alpha value is -3.07. The first-order valence-corrected chi connectivity index (χ1v) is 8.60. The molecule has 0 aliphatic carbocycles. The number of hydrogen-bond donors (Lipinski definition) is 5. The summed E-state index contributed by atoms with van der Waals surface area (Å²) in [6.45, 7) is 0.336. The van der Waals surface area contributed by atoms with Gasteiger partial charge in [0.05, 0.1) is 0 Å². The van der Waals surface area contributed by atoms with Crippen molar-refractivity contribution in [2.24, 2.45) is 16.5 Å². The lowest BCUT2D eigenvalue weighted by Crippen LogP contribution is -2.46. The number of nitrogens with two attached hydrogens (primary N) is 2. The zero-order valence-electron chi connectivity index (χ0n) is 13.7. The molecular weight excluding hydrogens is 400 g/mol. The molecule has 1 aromatic carbocycles. The van der Waals surface area contributed by atoms with Gasteiger partial charge in [-0.25, -0.2) is 0 Å². The molecule has 134 valence electrons. The maximum absolute atomic E-state index is 12.3. The van der Waals surface area contributed by atoms with Crippen LogP contribution in [0.15, 0.2) is 43.5 Å². The van der Waals surface area contributed by atoms with Crippen molar-refractivity contribution in [2.75, 3.05) is 6.54 Å². The van der Waals surface area contributed by atoms with Crippen LogP contribution in [-0.2, 0) is 0 Å². The van der Waals surface area contributed by atoms with Crippen LogP contribution in [0.1, 0.15) is 12.0 Å². The topological polar surface area (TPSA) is 146 Å². The van der Waals surface area contributed by atoms with Crippen molar-refractivity contribution in [1.82, 2.24) is 15.0 Å². The maximum Gasteiger partial charge on any atom is 0.272 e. The minimum absolute atomic E-state index is 0.0171. The van der Waals surface area contributed by atoms with Gasteiger partial charge in [0.1, 0.15) is 10.7 Å². The number of aromatic amines is 3. The first-order chi connectivity index (χ1) is 12.4. The van der Waals surface area contributed by atoms with E-state index in [1.54, 1.807) is 18.3 Å². The summed E-state index contributed by atoms with van der Waals surface area (Å²) in [5.41, 5.74) is 11.4. The van der Waals surface area contributed by atoms with E-state index < -0.39 is 0 Å². The van der Waals surface area contributed by atoms with Crippen molar-refractivity contribution >= 4 is 44.9 Å². The van der Waals surface area contributed by atoms with Gasteiger partial charge in [0.15, 0.2) is 5.96 Å². The van der Waals surface area contributed by atoms with Gasteiger partial charge in [0.2, 0.25) is 0 Å². The number of aliphatic imine (C=N–C) groups is 1. The van der Waals surface area contributed by atoms with Crippen LogP contribution in [-0.4, -0.2) is 27.5 Å². The summed E-state index contributed by atoms with van der Waals surface area (Å²) in [5.74, 6) is -0.0171. The largest absolute Gasteiger partial charge is 0.370 e. The smallest absolute Gasteiger partial charge is 0.272 e. The summed E-state index contributed by atoms with van der Waals surface area (Å²) in [7, 11) is 0. The molecule has 9 heteroatoms. The van der Waals surface area contributed by atoms with Crippen LogP contribution < -0.4 is 33.3 Å². The number of guanidine groups is 1. The molecule has 26 heavy (non-hydrogen) atoms. The van der Waals surface area contributed by atoms with E-state index in [9.17, 15) is 9.59 Å². The molecule has 0 aliphatic rings. The van der Waals surface area contributed by atoms with E-state index in [4.69, 9.17) is 11.5 Å². The van der Waals surface area contributed by atoms with Crippen LogP contribution in [0, 0.1) is 0 Å². The number of H-pyrrole nitrogens is 3. The number of halogens is 1. The SMILES string of the molecule is NC(N)=NCC/C=c1/[nH]c(=O)/c(=C/c2c[nH]c3cc(Br)ccc23)[nH]c1=O. The predicted octanol–water partition coefficient (Wildman–Crippen LogP) is -0.420. The minimum Gasteiger partial charge on any atom is -0.370 e. The second-order valence-corrected chi connectivity index (χ2v) is 6.53. The molecule has 0 radical (unpaired) electrons. The van der Waals surface area contributed by atoms with Crippen LogP contribution >= 0.6 is 15.9 Å². The Labute approximate surface area is 155 Å². The molecule has 0 amide bonds. The third kappa shape index (κ3) is 3.94. The first kappa shape index (κ1) is 17.7. The fourth-order valence-electron chi connectivity index (χ4n) is 2.54. The normalized spacial score (nSPS) is 12.7. The molecule has 0 unspecified atom stereocenters. The Morgan fingerprint density at radius 1 is 1.15 bits per heavy atom. The van der Waals surface area contributed by atoms with Crippen molar-refractivity contribution in [2.45, 2.75) is 6.42 Å². The van der Waals surface area contributed by atoms with E-state index in [2.05, 4.69) is 35.9 Å². The highest BCUT2D eigenvalue weighted by atomic mass is 79.9. The highest BCUT2D eigenvalue weighted by molar-refractivity contribution is 9.10. The number of rotatable bonds is 4. The van der Waals surface area contributed by atoms with Crippen molar-refractivity contribution in [3.05, 3.63) is 65.8 Å². The van der Waals surface area contributed by atoms with Crippen molar-refractivity contribution in [3.8, 4) is 0 Å². The summed E-state index contributed by atoms with van der Waals surface area (Å²) < 4.78 is 0.949. The number of nitrogens with zero attached hydrogens (tertiary/aromatic N) is 1. The van der Waals surface area contributed by atoms with Crippen LogP contribution in [0.5, 0.6) is 0 Å². The van der Waals surface area contributed by atoms with Crippen LogP contribution in [0.25, 0.3) is 23.1 Å². The molecule has 0 saturated heterocycles. The summed E-state index contributed by atoms with van der Waals surface area (Å²) in [6.07, 6.45) is 5.43. The molecule has 0 spiro atoms. The van der Waals surface area contributed by atoms with Gasteiger partial charge in [0.25, 0.3) is 11.1 Å². The Morgan fingerprint density at radius 3 is 2.65 bits per heavy atom. The fourth-order valence-corrected chi connectivity index (χ4v) is 2.90. The molecule has 0 aliphatic heterocycles. The van der Waals surface area contributed by atoms with E-state index in [-0.39, 0.29) is 27.8 Å². The standard InChI is InChI=1S/C17H17BrN6O2/c18-10-3-4-11-9(8-22-13(11)7-10)6-14-16(26)23-12(15(25)24-14)2-1-5-21-17(19)20/h2-4,6-8,22H,1,5H2,(H,23,26)(H,24,25)(H4,19,20,21)/b12-2+,14-6-. The first-order valence-electron chi connectivity index (χ1n) is 7.80. The molecule has 2 aromatic heterocycles. The van der Waals surface area contributed by atoms with Gasteiger partial charge in [-0.3, -0.25) is 14.6 Å². The summed E-state index contributed by atoms with van der Waals surface area (Å²) in [6, 6.07) is 5.78. The lowest BCUT2D eigenvalue weighted by atomic mass is 10.1. The van der Waals surface area contributed by atoms with E-state index in [1.807, 2.05) is 18.2 Å².